The number of benzene rings is 1. The van der Waals surface area contributed by atoms with Crippen molar-refractivity contribution in [3.05, 3.63) is 23.8 Å². The summed E-state index contributed by atoms with van der Waals surface area (Å²) in [5.74, 6) is 0.228. The van der Waals surface area contributed by atoms with Gasteiger partial charge in [-0.3, -0.25) is 4.79 Å². The average Bonchev–Trinajstić information content (AvgIpc) is 2.29. The second kappa shape index (κ2) is 5.97. The summed E-state index contributed by atoms with van der Waals surface area (Å²) in [6.07, 6.45) is 0.851. The predicted molar refractivity (Wildman–Crippen MR) is 63.7 cm³/mol. The molecule has 1 aromatic rings. The summed E-state index contributed by atoms with van der Waals surface area (Å²) in [6.45, 7) is 1.35. The van der Waals surface area contributed by atoms with E-state index in [2.05, 4.69) is 5.32 Å². The maximum absolute atomic E-state index is 11.0. The van der Waals surface area contributed by atoms with Crippen LogP contribution in [0.4, 0.5) is 5.69 Å². The SMILES string of the molecule is COc1ccc(C(N)=O)cc1NCCCN. The van der Waals surface area contributed by atoms with Crippen molar-refractivity contribution >= 4 is 11.6 Å². The minimum atomic E-state index is -0.454. The van der Waals surface area contributed by atoms with Gasteiger partial charge in [0.1, 0.15) is 5.75 Å². The van der Waals surface area contributed by atoms with E-state index in [4.69, 9.17) is 16.2 Å². The number of nitrogens with two attached hydrogens (primary N) is 2. The summed E-state index contributed by atoms with van der Waals surface area (Å²) in [5, 5.41) is 3.15. The smallest absolute Gasteiger partial charge is 0.248 e. The van der Waals surface area contributed by atoms with Crippen LogP contribution in [0, 0.1) is 0 Å². The molecule has 0 saturated carbocycles. The minimum Gasteiger partial charge on any atom is -0.495 e. The monoisotopic (exact) mass is 223 g/mol. The van der Waals surface area contributed by atoms with Crippen LogP contribution in [0.1, 0.15) is 16.8 Å². The van der Waals surface area contributed by atoms with Crippen LogP contribution in [-0.4, -0.2) is 26.1 Å². The van der Waals surface area contributed by atoms with Crippen LogP contribution in [0.25, 0.3) is 0 Å². The number of carbonyl (C=O) groups is 1. The maximum Gasteiger partial charge on any atom is 0.248 e. The molecule has 0 heterocycles. The van der Waals surface area contributed by atoms with Gasteiger partial charge in [0.2, 0.25) is 5.91 Å². The first kappa shape index (κ1) is 12.3. The number of amides is 1. The summed E-state index contributed by atoms with van der Waals surface area (Å²) in [7, 11) is 1.58. The molecule has 1 rings (SSSR count). The molecule has 0 radical (unpaired) electrons. The fourth-order valence-corrected chi connectivity index (χ4v) is 1.32. The van der Waals surface area contributed by atoms with E-state index in [0.29, 0.717) is 17.9 Å². The van der Waals surface area contributed by atoms with Crippen molar-refractivity contribution in [1.29, 1.82) is 0 Å². The van der Waals surface area contributed by atoms with Crippen LogP contribution in [0.15, 0.2) is 18.2 Å². The Morgan fingerprint density at radius 3 is 2.81 bits per heavy atom. The van der Waals surface area contributed by atoms with Crippen molar-refractivity contribution in [1.82, 2.24) is 0 Å². The third-order valence-corrected chi connectivity index (χ3v) is 2.18. The van der Waals surface area contributed by atoms with Crippen molar-refractivity contribution in [2.45, 2.75) is 6.42 Å². The summed E-state index contributed by atoms with van der Waals surface area (Å²) < 4.78 is 5.16. The molecule has 16 heavy (non-hydrogen) atoms. The predicted octanol–water partition coefficient (Wildman–Crippen LogP) is 0.555. The van der Waals surface area contributed by atoms with Gasteiger partial charge in [-0.1, -0.05) is 0 Å². The van der Waals surface area contributed by atoms with Gasteiger partial charge in [0, 0.05) is 12.1 Å². The number of hydrogen-bond acceptors (Lipinski definition) is 4. The quantitative estimate of drug-likeness (QED) is 0.614. The van der Waals surface area contributed by atoms with Crippen molar-refractivity contribution < 1.29 is 9.53 Å². The van der Waals surface area contributed by atoms with Gasteiger partial charge in [0.15, 0.2) is 0 Å². The minimum absolute atomic E-state index is 0.454. The van der Waals surface area contributed by atoms with Crippen molar-refractivity contribution in [2.24, 2.45) is 11.5 Å². The lowest BCUT2D eigenvalue weighted by molar-refractivity contribution is 0.100. The Balaban J connectivity index is 2.84. The molecule has 0 atom stereocenters. The normalized spacial score (nSPS) is 9.88. The van der Waals surface area contributed by atoms with Gasteiger partial charge in [0.25, 0.3) is 0 Å². The van der Waals surface area contributed by atoms with Crippen LogP contribution < -0.4 is 21.5 Å². The lowest BCUT2D eigenvalue weighted by Gasteiger charge is -2.11. The number of nitrogens with one attached hydrogen (secondary N) is 1. The second-order valence-electron chi connectivity index (χ2n) is 3.35. The number of carbonyl (C=O) groups excluding carboxylic acids is 1. The lowest BCUT2D eigenvalue weighted by Crippen LogP contribution is -2.13. The number of methoxy groups -OCH3 is 1. The Morgan fingerprint density at radius 2 is 2.25 bits per heavy atom. The van der Waals surface area contributed by atoms with Crippen molar-refractivity contribution in [3.63, 3.8) is 0 Å². The molecule has 0 aliphatic rings. The first-order valence-corrected chi connectivity index (χ1v) is 5.11. The Kier molecular flexibility index (Phi) is 4.60. The Morgan fingerprint density at radius 1 is 1.50 bits per heavy atom. The van der Waals surface area contributed by atoms with Gasteiger partial charge in [-0.05, 0) is 31.2 Å². The summed E-state index contributed by atoms with van der Waals surface area (Å²) >= 11 is 0. The summed E-state index contributed by atoms with van der Waals surface area (Å²) in [6, 6.07) is 5.03. The maximum atomic E-state index is 11.0. The van der Waals surface area contributed by atoms with Gasteiger partial charge >= 0.3 is 0 Å². The highest BCUT2D eigenvalue weighted by Gasteiger charge is 2.06. The van der Waals surface area contributed by atoms with E-state index >= 15 is 0 Å². The number of rotatable bonds is 6. The molecular weight excluding hydrogens is 206 g/mol. The lowest BCUT2D eigenvalue weighted by atomic mass is 10.1. The number of anilines is 1. The van der Waals surface area contributed by atoms with E-state index in [-0.39, 0.29) is 0 Å². The van der Waals surface area contributed by atoms with Gasteiger partial charge in [-0.25, -0.2) is 0 Å². The zero-order valence-corrected chi connectivity index (χ0v) is 9.32. The molecule has 1 aromatic carbocycles. The van der Waals surface area contributed by atoms with Crippen LogP contribution in [0.2, 0.25) is 0 Å². The van der Waals surface area contributed by atoms with Gasteiger partial charge < -0.3 is 21.5 Å². The van der Waals surface area contributed by atoms with Crippen LogP contribution in [0.5, 0.6) is 5.75 Å². The van der Waals surface area contributed by atoms with E-state index in [1.54, 1.807) is 25.3 Å². The zero-order valence-electron chi connectivity index (χ0n) is 9.32. The molecule has 0 aromatic heterocycles. The third-order valence-electron chi connectivity index (χ3n) is 2.18. The zero-order chi connectivity index (χ0) is 12.0. The van der Waals surface area contributed by atoms with Crippen LogP contribution in [0.3, 0.4) is 0 Å². The number of hydrogen-bond donors (Lipinski definition) is 3. The Bertz CT molecular complexity index is 366. The van der Waals surface area contributed by atoms with Gasteiger partial charge in [-0.2, -0.15) is 0 Å². The molecule has 88 valence electrons. The molecule has 0 aliphatic carbocycles. The number of ether oxygens (including phenoxy) is 1. The molecule has 1 amide bonds. The fourth-order valence-electron chi connectivity index (χ4n) is 1.32. The topological polar surface area (TPSA) is 90.4 Å². The third kappa shape index (κ3) is 3.13. The molecule has 5 N–H and O–H groups in total. The molecule has 0 unspecified atom stereocenters. The molecule has 0 bridgehead atoms. The highest BCUT2D eigenvalue weighted by Crippen LogP contribution is 2.25. The largest absolute Gasteiger partial charge is 0.495 e. The Hall–Kier alpha value is -1.75. The van der Waals surface area contributed by atoms with Gasteiger partial charge in [-0.15, -0.1) is 0 Å². The molecule has 5 heteroatoms. The van der Waals surface area contributed by atoms with Crippen molar-refractivity contribution in [2.75, 3.05) is 25.5 Å². The molecule has 0 saturated heterocycles. The van der Waals surface area contributed by atoms with Crippen LogP contribution >= 0.6 is 0 Å². The summed E-state index contributed by atoms with van der Waals surface area (Å²) in [4.78, 5) is 11.0. The molecule has 0 aliphatic heterocycles. The first-order valence-electron chi connectivity index (χ1n) is 5.11. The second-order valence-corrected chi connectivity index (χ2v) is 3.35. The van der Waals surface area contributed by atoms with E-state index in [9.17, 15) is 4.79 Å². The average molecular weight is 223 g/mol. The molecule has 0 spiro atoms. The van der Waals surface area contributed by atoms with E-state index in [0.717, 1.165) is 18.7 Å². The molecule has 0 fully saturated rings. The summed E-state index contributed by atoms with van der Waals surface area (Å²) in [5.41, 5.74) is 11.8. The number of primary amides is 1. The fraction of sp³-hybridized carbons (Fsp3) is 0.364. The van der Waals surface area contributed by atoms with E-state index in [1.165, 1.54) is 0 Å². The highest BCUT2D eigenvalue weighted by atomic mass is 16.5. The van der Waals surface area contributed by atoms with Gasteiger partial charge in [0.05, 0.1) is 12.8 Å². The van der Waals surface area contributed by atoms with Crippen LogP contribution in [-0.2, 0) is 0 Å². The van der Waals surface area contributed by atoms with Crippen molar-refractivity contribution in [3.8, 4) is 5.75 Å². The molecular formula is C11H17N3O2. The Labute approximate surface area is 94.8 Å². The standard InChI is InChI=1S/C11H17N3O2/c1-16-10-4-3-8(11(13)15)7-9(10)14-6-2-5-12/h3-4,7,14H,2,5-6,12H2,1H3,(H2,13,15). The molecule has 5 nitrogen and oxygen atoms in total. The van der Waals surface area contributed by atoms with E-state index in [1.807, 2.05) is 0 Å². The first-order chi connectivity index (χ1) is 7.69. The van der Waals surface area contributed by atoms with E-state index < -0.39 is 5.91 Å². The highest BCUT2D eigenvalue weighted by molar-refractivity contribution is 5.94.